The van der Waals surface area contributed by atoms with Crippen LogP contribution in [0, 0.1) is 0 Å². The van der Waals surface area contributed by atoms with Crippen LogP contribution < -0.4 is 10.6 Å². The third-order valence-electron chi connectivity index (χ3n) is 5.82. The van der Waals surface area contributed by atoms with Crippen LogP contribution >= 0.6 is 23.8 Å². The first-order valence-electron chi connectivity index (χ1n) is 10.9. The summed E-state index contributed by atoms with van der Waals surface area (Å²) in [4.78, 5) is 16.9. The molecule has 0 unspecified atom stereocenters. The summed E-state index contributed by atoms with van der Waals surface area (Å²) < 4.78 is 0. The van der Waals surface area contributed by atoms with Gasteiger partial charge in [0.2, 0.25) is 5.91 Å². The monoisotopic (exact) mass is 436 g/mol. The zero-order chi connectivity index (χ0) is 20.5. The molecule has 1 aromatic rings. The van der Waals surface area contributed by atoms with Gasteiger partial charge in [-0.25, -0.2) is 0 Å². The molecule has 1 saturated carbocycles. The number of rotatable bonds is 4. The largest absolute Gasteiger partial charge is 0.360 e. The number of benzene rings is 1. The number of hydrogen-bond donors (Lipinski definition) is 2. The number of thiocarbonyl (C=S) groups is 1. The normalized spacial score (nSPS) is 19.7. The number of amides is 1. The first-order chi connectivity index (χ1) is 14.1. The summed E-state index contributed by atoms with van der Waals surface area (Å²) in [5, 5.41) is 7.99. The molecule has 2 aliphatic rings. The maximum atomic E-state index is 12.4. The van der Waals surface area contributed by atoms with E-state index in [-0.39, 0.29) is 5.91 Å². The van der Waals surface area contributed by atoms with Gasteiger partial charge in [-0.05, 0) is 43.6 Å². The molecule has 5 nitrogen and oxygen atoms in total. The summed E-state index contributed by atoms with van der Waals surface area (Å²) in [7, 11) is 0. The minimum Gasteiger partial charge on any atom is -0.360 e. The number of halogens is 1. The highest BCUT2D eigenvalue weighted by Crippen LogP contribution is 2.20. The Hall–Kier alpha value is -1.37. The van der Waals surface area contributed by atoms with E-state index < -0.39 is 0 Å². The van der Waals surface area contributed by atoms with Crippen LogP contribution in [-0.2, 0) is 4.79 Å². The van der Waals surface area contributed by atoms with E-state index in [0.717, 1.165) is 37.7 Å². The fraction of sp³-hybridized carbons (Fsp3) is 0.636. The molecule has 1 aromatic carbocycles. The number of hydrogen-bond acceptors (Lipinski definition) is 3. The molecule has 0 spiro atoms. The van der Waals surface area contributed by atoms with Crippen molar-refractivity contribution < 1.29 is 4.79 Å². The predicted molar refractivity (Wildman–Crippen MR) is 125 cm³/mol. The average Bonchev–Trinajstić information content (AvgIpc) is 2.91. The van der Waals surface area contributed by atoms with Crippen LogP contribution in [0.2, 0.25) is 5.02 Å². The Labute approximate surface area is 185 Å². The zero-order valence-corrected chi connectivity index (χ0v) is 18.7. The molecule has 29 heavy (non-hydrogen) atoms. The molecule has 160 valence electrons. The number of carbonyl (C=O) groups is 1. The summed E-state index contributed by atoms with van der Waals surface area (Å²) in [5.41, 5.74) is 0.667. The highest BCUT2D eigenvalue weighted by atomic mass is 35.5. The Balaban J connectivity index is 1.43. The van der Waals surface area contributed by atoms with Gasteiger partial charge in [0, 0.05) is 32.2 Å². The van der Waals surface area contributed by atoms with Gasteiger partial charge >= 0.3 is 0 Å². The lowest BCUT2D eigenvalue weighted by Crippen LogP contribution is -2.46. The first-order valence-corrected chi connectivity index (χ1v) is 11.7. The molecule has 0 bridgehead atoms. The van der Waals surface area contributed by atoms with Crippen molar-refractivity contribution in [2.75, 3.05) is 38.0 Å². The molecule has 1 aliphatic carbocycles. The van der Waals surface area contributed by atoms with Gasteiger partial charge in [-0.15, -0.1) is 0 Å². The third kappa shape index (κ3) is 7.43. The lowest BCUT2D eigenvalue weighted by molar-refractivity contribution is -0.117. The summed E-state index contributed by atoms with van der Waals surface area (Å²) in [6.07, 6.45) is 10.1. The topological polar surface area (TPSA) is 47.6 Å². The Morgan fingerprint density at radius 1 is 1.00 bits per heavy atom. The average molecular weight is 437 g/mol. The molecular weight excluding hydrogens is 404 g/mol. The second kappa shape index (κ2) is 11.7. The SMILES string of the molecule is O=C(CN1CCCN(C(=S)NC2CCCCCCC2)CC1)Nc1ccccc1Cl. The lowest BCUT2D eigenvalue weighted by Gasteiger charge is -2.29. The van der Waals surface area contributed by atoms with E-state index in [4.69, 9.17) is 23.8 Å². The van der Waals surface area contributed by atoms with Gasteiger partial charge in [-0.1, -0.05) is 55.8 Å². The van der Waals surface area contributed by atoms with Crippen molar-refractivity contribution in [3.8, 4) is 0 Å². The summed E-state index contributed by atoms with van der Waals surface area (Å²) >= 11 is 11.9. The molecule has 0 aromatic heterocycles. The van der Waals surface area contributed by atoms with E-state index in [1.807, 2.05) is 18.2 Å². The molecule has 1 amide bonds. The molecule has 0 radical (unpaired) electrons. The highest BCUT2D eigenvalue weighted by Gasteiger charge is 2.21. The first kappa shape index (κ1) is 22.3. The fourth-order valence-electron chi connectivity index (χ4n) is 4.15. The summed E-state index contributed by atoms with van der Waals surface area (Å²) in [6.45, 7) is 3.92. The minimum atomic E-state index is -0.0261. The Morgan fingerprint density at radius 2 is 1.72 bits per heavy atom. The van der Waals surface area contributed by atoms with Crippen LogP contribution in [0.1, 0.15) is 51.4 Å². The van der Waals surface area contributed by atoms with Crippen molar-refractivity contribution in [3.05, 3.63) is 29.3 Å². The van der Waals surface area contributed by atoms with Crippen LogP contribution in [-0.4, -0.2) is 59.6 Å². The predicted octanol–water partition coefficient (Wildman–Crippen LogP) is 4.27. The number of para-hydroxylation sites is 1. The van der Waals surface area contributed by atoms with Crippen molar-refractivity contribution >= 4 is 40.5 Å². The van der Waals surface area contributed by atoms with Crippen molar-refractivity contribution in [1.29, 1.82) is 0 Å². The molecule has 1 saturated heterocycles. The molecule has 0 atom stereocenters. The zero-order valence-electron chi connectivity index (χ0n) is 17.2. The second-order valence-corrected chi connectivity index (χ2v) is 8.93. The van der Waals surface area contributed by atoms with Crippen LogP contribution in [0.25, 0.3) is 0 Å². The quantitative estimate of drug-likeness (QED) is 0.690. The Bertz CT molecular complexity index is 679. The van der Waals surface area contributed by atoms with Crippen LogP contribution in [0.5, 0.6) is 0 Å². The number of anilines is 1. The van der Waals surface area contributed by atoms with E-state index in [1.165, 1.54) is 44.9 Å². The van der Waals surface area contributed by atoms with Crippen LogP contribution in [0.15, 0.2) is 24.3 Å². The van der Waals surface area contributed by atoms with Gasteiger partial charge < -0.3 is 15.5 Å². The van der Waals surface area contributed by atoms with Gasteiger partial charge in [-0.3, -0.25) is 9.69 Å². The minimum absolute atomic E-state index is 0.0261. The maximum Gasteiger partial charge on any atom is 0.238 e. The van der Waals surface area contributed by atoms with E-state index >= 15 is 0 Å². The molecule has 1 aliphatic heterocycles. The van der Waals surface area contributed by atoms with Crippen molar-refractivity contribution in [1.82, 2.24) is 15.1 Å². The molecule has 2 fully saturated rings. The maximum absolute atomic E-state index is 12.4. The molecular formula is C22H33ClN4OS. The highest BCUT2D eigenvalue weighted by molar-refractivity contribution is 7.80. The van der Waals surface area contributed by atoms with Crippen LogP contribution in [0.4, 0.5) is 5.69 Å². The molecule has 2 N–H and O–H groups in total. The Kier molecular flexibility index (Phi) is 9.02. The third-order valence-corrected chi connectivity index (χ3v) is 6.53. The molecule has 3 rings (SSSR count). The van der Waals surface area contributed by atoms with Gasteiger partial charge in [0.25, 0.3) is 0 Å². The number of carbonyl (C=O) groups excluding carboxylic acids is 1. The summed E-state index contributed by atoms with van der Waals surface area (Å²) in [6, 6.07) is 7.85. The van der Waals surface area contributed by atoms with Gasteiger partial charge in [0.1, 0.15) is 0 Å². The van der Waals surface area contributed by atoms with E-state index in [0.29, 0.717) is 23.3 Å². The summed E-state index contributed by atoms with van der Waals surface area (Å²) in [5.74, 6) is -0.0261. The van der Waals surface area contributed by atoms with Gasteiger partial charge in [0.15, 0.2) is 5.11 Å². The van der Waals surface area contributed by atoms with Crippen molar-refractivity contribution in [2.45, 2.75) is 57.4 Å². The molecule has 1 heterocycles. The lowest BCUT2D eigenvalue weighted by atomic mass is 9.97. The number of nitrogens with zero attached hydrogens (tertiary/aromatic N) is 2. The Morgan fingerprint density at radius 3 is 2.48 bits per heavy atom. The smallest absolute Gasteiger partial charge is 0.238 e. The van der Waals surface area contributed by atoms with E-state index in [9.17, 15) is 4.79 Å². The fourth-order valence-corrected chi connectivity index (χ4v) is 4.69. The van der Waals surface area contributed by atoms with Gasteiger partial charge in [0.05, 0.1) is 17.3 Å². The standard InChI is InChI=1S/C22H33ClN4OS/c23-19-11-6-7-12-20(19)25-21(28)17-26-13-8-14-27(16-15-26)22(29)24-18-9-4-2-1-3-5-10-18/h6-7,11-12,18H,1-5,8-10,13-17H2,(H,24,29)(H,25,28). The van der Waals surface area contributed by atoms with Crippen molar-refractivity contribution in [2.24, 2.45) is 0 Å². The van der Waals surface area contributed by atoms with E-state index in [1.54, 1.807) is 6.07 Å². The number of nitrogens with one attached hydrogen (secondary N) is 2. The van der Waals surface area contributed by atoms with Gasteiger partial charge in [-0.2, -0.15) is 0 Å². The van der Waals surface area contributed by atoms with E-state index in [2.05, 4.69) is 20.4 Å². The second-order valence-electron chi connectivity index (χ2n) is 8.14. The molecule has 7 heteroatoms. The van der Waals surface area contributed by atoms with Crippen LogP contribution in [0.3, 0.4) is 0 Å². The van der Waals surface area contributed by atoms with Crippen molar-refractivity contribution in [3.63, 3.8) is 0 Å².